The van der Waals surface area contributed by atoms with Gasteiger partial charge in [-0.3, -0.25) is 4.79 Å². The lowest BCUT2D eigenvalue weighted by Gasteiger charge is -2.30. The number of ether oxygens (including phenoxy) is 1. The van der Waals surface area contributed by atoms with Crippen LogP contribution in [-0.2, 0) is 11.2 Å². The minimum Gasteiger partial charge on any atom is -0.375 e. The fourth-order valence-electron chi connectivity index (χ4n) is 2.48. The first-order valence-electron chi connectivity index (χ1n) is 7.21. The van der Waals surface area contributed by atoms with E-state index in [-0.39, 0.29) is 17.8 Å². The lowest BCUT2D eigenvalue weighted by atomic mass is 10.1. The highest BCUT2D eigenvalue weighted by molar-refractivity contribution is 7.09. The van der Waals surface area contributed by atoms with Crippen LogP contribution in [-0.4, -0.2) is 41.6 Å². The van der Waals surface area contributed by atoms with Crippen molar-refractivity contribution in [2.45, 2.75) is 19.4 Å². The number of nitrogens with zero attached hydrogens (tertiary/aromatic N) is 2. The van der Waals surface area contributed by atoms with Gasteiger partial charge in [-0.1, -0.05) is 12.1 Å². The second-order valence-electron chi connectivity index (χ2n) is 5.37. The summed E-state index contributed by atoms with van der Waals surface area (Å²) in [6.45, 7) is 3.71. The maximum atomic E-state index is 13.2. The number of carbonyl (C=O) groups is 1. The fraction of sp³-hybridized carbons (Fsp3) is 0.375. The molecule has 0 bridgehead atoms. The third-order valence-electron chi connectivity index (χ3n) is 3.54. The molecule has 0 spiro atoms. The Morgan fingerprint density at radius 2 is 2.41 bits per heavy atom. The molecule has 1 aliphatic heterocycles. The molecule has 1 amide bonds. The molecule has 1 unspecified atom stereocenters. The van der Waals surface area contributed by atoms with Crippen LogP contribution in [0.1, 0.15) is 28.0 Å². The van der Waals surface area contributed by atoms with E-state index in [0.717, 1.165) is 10.6 Å². The molecular formula is C16H17FN2O2S. The van der Waals surface area contributed by atoms with Crippen molar-refractivity contribution in [2.24, 2.45) is 0 Å². The first kappa shape index (κ1) is 15.1. The van der Waals surface area contributed by atoms with E-state index in [4.69, 9.17) is 4.74 Å². The summed E-state index contributed by atoms with van der Waals surface area (Å²) >= 11 is 1.43. The monoisotopic (exact) mass is 320 g/mol. The summed E-state index contributed by atoms with van der Waals surface area (Å²) < 4.78 is 18.6. The number of aromatic nitrogens is 1. The molecule has 4 nitrogen and oxygen atoms in total. The Labute approximate surface area is 132 Å². The molecule has 6 heteroatoms. The standard InChI is InChI=1S/C16H17FN2O2S/c1-11-9-19(5-6-21-11)16(20)14-10-22-15(18-14)8-12-3-2-4-13(17)7-12/h2-4,7,10-11H,5-6,8-9H2,1H3. The Bertz CT molecular complexity index is 674. The van der Waals surface area contributed by atoms with E-state index in [1.165, 1.54) is 23.5 Å². The van der Waals surface area contributed by atoms with Crippen molar-refractivity contribution < 1.29 is 13.9 Å². The van der Waals surface area contributed by atoms with E-state index < -0.39 is 0 Å². The number of hydrogen-bond acceptors (Lipinski definition) is 4. The van der Waals surface area contributed by atoms with Crippen LogP contribution >= 0.6 is 11.3 Å². The SMILES string of the molecule is CC1CN(C(=O)c2csc(Cc3cccc(F)c3)n2)CCO1. The predicted molar refractivity (Wildman–Crippen MR) is 82.6 cm³/mol. The van der Waals surface area contributed by atoms with E-state index in [9.17, 15) is 9.18 Å². The molecule has 2 heterocycles. The number of amides is 1. The number of benzene rings is 1. The molecule has 1 aliphatic rings. The third-order valence-corrected chi connectivity index (χ3v) is 4.39. The molecule has 0 saturated carbocycles. The topological polar surface area (TPSA) is 42.4 Å². The molecule has 0 aliphatic carbocycles. The molecular weight excluding hydrogens is 303 g/mol. The number of thiazole rings is 1. The number of hydrogen-bond donors (Lipinski definition) is 0. The predicted octanol–water partition coefficient (Wildman–Crippen LogP) is 2.73. The molecule has 22 heavy (non-hydrogen) atoms. The Kier molecular flexibility index (Phi) is 4.49. The Morgan fingerprint density at radius 1 is 1.55 bits per heavy atom. The summed E-state index contributed by atoms with van der Waals surface area (Å²) in [5, 5.41) is 2.59. The molecule has 0 radical (unpaired) electrons. The van der Waals surface area contributed by atoms with Crippen LogP contribution in [0.25, 0.3) is 0 Å². The second-order valence-corrected chi connectivity index (χ2v) is 6.31. The summed E-state index contributed by atoms with van der Waals surface area (Å²) in [6.07, 6.45) is 0.595. The van der Waals surface area contributed by atoms with Crippen molar-refractivity contribution in [3.63, 3.8) is 0 Å². The van der Waals surface area contributed by atoms with Crippen molar-refractivity contribution in [3.8, 4) is 0 Å². The highest BCUT2D eigenvalue weighted by Gasteiger charge is 2.24. The minimum absolute atomic E-state index is 0.0584. The van der Waals surface area contributed by atoms with Crippen molar-refractivity contribution in [2.75, 3.05) is 19.7 Å². The molecule has 1 atom stereocenters. The van der Waals surface area contributed by atoms with Gasteiger partial charge >= 0.3 is 0 Å². The summed E-state index contributed by atoms with van der Waals surface area (Å²) in [6, 6.07) is 6.45. The largest absolute Gasteiger partial charge is 0.375 e. The molecule has 3 rings (SSSR count). The molecule has 1 fully saturated rings. The smallest absolute Gasteiger partial charge is 0.273 e. The number of morpholine rings is 1. The van der Waals surface area contributed by atoms with Crippen molar-refractivity contribution in [1.29, 1.82) is 0 Å². The van der Waals surface area contributed by atoms with Crippen molar-refractivity contribution in [3.05, 3.63) is 51.7 Å². The van der Waals surface area contributed by atoms with Gasteiger partial charge in [0.25, 0.3) is 5.91 Å². The van der Waals surface area contributed by atoms with Crippen molar-refractivity contribution >= 4 is 17.2 Å². The lowest BCUT2D eigenvalue weighted by Crippen LogP contribution is -2.44. The maximum absolute atomic E-state index is 13.2. The second kappa shape index (κ2) is 6.54. The van der Waals surface area contributed by atoms with E-state index >= 15 is 0 Å². The van der Waals surface area contributed by atoms with E-state index in [1.807, 2.05) is 13.0 Å². The third kappa shape index (κ3) is 3.51. The van der Waals surface area contributed by atoms with Gasteiger partial charge in [0.1, 0.15) is 11.5 Å². The summed E-state index contributed by atoms with van der Waals surface area (Å²) in [5.74, 6) is -0.315. The van der Waals surface area contributed by atoms with Gasteiger partial charge in [-0.05, 0) is 24.6 Å². The Hall–Kier alpha value is -1.79. The minimum atomic E-state index is -0.257. The molecule has 2 aromatic rings. The molecule has 1 saturated heterocycles. The number of carbonyl (C=O) groups excluding carboxylic acids is 1. The van der Waals surface area contributed by atoms with E-state index in [0.29, 0.717) is 31.8 Å². The van der Waals surface area contributed by atoms with E-state index in [2.05, 4.69) is 4.98 Å². The van der Waals surface area contributed by atoms with Gasteiger partial charge in [0, 0.05) is 24.9 Å². The first-order valence-corrected chi connectivity index (χ1v) is 8.09. The Morgan fingerprint density at radius 3 is 3.18 bits per heavy atom. The Balaban J connectivity index is 1.69. The zero-order valence-electron chi connectivity index (χ0n) is 12.3. The van der Waals surface area contributed by atoms with Gasteiger partial charge in [0.2, 0.25) is 0 Å². The summed E-state index contributed by atoms with van der Waals surface area (Å²) in [7, 11) is 0. The normalized spacial score (nSPS) is 18.5. The summed E-state index contributed by atoms with van der Waals surface area (Å²) in [4.78, 5) is 18.6. The van der Waals surface area contributed by atoms with Crippen LogP contribution in [0, 0.1) is 5.82 Å². The first-order chi connectivity index (χ1) is 10.6. The van der Waals surface area contributed by atoms with Gasteiger partial charge in [-0.2, -0.15) is 0 Å². The van der Waals surface area contributed by atoms with Crippen LogP contribution in [0.3, 0.4) is 0 Å². The van der Waals surface area contributed by atoms with Gasteiger partial charge in [0.15, 0.2) is 0 Å². The number of rotatable bonds is 3. The lowest BCUT2D eigenvalue weighted by molar-refractivity contribution is -0.0126. The van der Waals surface area contributed by atoms with Gasteiger partial charge < -0.3 is 9.64 Å². The van der Waals surface area contributed by atoms with Crippen molar-refractivity contribution in [1.82, 2.24) is 9.88 Å². The zero-order valence-corrected chi connectivity index (χ0v) is 13.1. The average Bonchev–Trinajstić information content (AvgIpc) is 2.95. The quantitative estimate of drug-likeness (QED) is 0.873. The van der Waals surface area contributed by atoms with Crippen LogP contribution in [0.5, 0.6) is 0 Å². The van der Waals surface area contributed by atoms with Crippen LogP contribution in [0.4, 0.5) is 4.39 Å². The maximum Gasteiger partial charge on any atom is 0.273 e. The highest BCUT2D eigenvalue weighted by atomic mass is 32.1. The highest BCUT2D eigenvalue weighted by Crippen LogP contribution is 2.18. The zero-order chi connectivity index (χ0) is 15.5. The molecule has 0 N–H and O–H groups in total. The molecule has 116 valence electrons. The fourth-order valence-corrected chi connectivity index (χ4v) is 3.28. The summed E-state index contributed by atoms with van der Waals surface area (Å²) in [5.41, 5.74) is 1.32. The molecule has 1 aromatic heterocycles. The molecule has 1 aromatic carbocycles. The number of halogens is 1. The van der Waals surface area contributed by atoms with Crippen LogP contribution in [0.2, 0.25) is 0 Å². The van der Waals surface area contributed by atoms with Crippen LogP contribution < -0.4 is 0 Å². The average molecular weight is 320 g/mol. The van der Waals surface area contributed by atoms with E-state index in [1.54, 1.807) is 16.3 Å². The van der Waals surface area contributed by atoms with Gasteiger partial charge in [-0.25, -0.2) is 9.37 Å². The van der Waals surface area contributed by atoms with Crippen LogP contribution in [0.15, 0.2) is 29.6 Å². The van der Waals surface area contributed by atoms with Gasteiger partial charge in [-0.15, -0.1) is 11.3 Å². The van der Waals surface area contributed by atoms with Gasteiger partial charge in [0.05, 0.1) is 17.7 Å².